The van der Waals surface area contributed by atoms with Gasteiger partial charge in [-0.3, -0.25) is 9.44 Å². The van der Waals surface area contributed by atoms with E-state index in [2.05, 4.69) is 9.44 Å². The molecule has 0 fully saturated rings. The molecule has 3 rings (SSSR count). The molecule has 0 spiro atoms. The van der Waals surface area contributed by atoms with E-state index in [1.54, 1.807) is 12.1 Å². The van der Waals surface area contributed by atoms with Crippen molar-refractivity contribution in [2.45, 2.75) is 16.7 Å². The van der Waals surface area contributed by atoms with Gasteiger partial charge in [0, 0.05) is 0 Å². The molecule has 0 heterocycles. The van der Waals surface area contributed by atoms with Crippen LogP contribution in [0.3, 0.4) is 0 Å². The van der Waals surface area contributed by atoms with Crippen LogP contribution in [0.5, 0.6) is 0 Å². The highest BCUT2D eigenvalue weighted by molar-refractivity contribution is 7.93. The van der Waals surface area contributed by atoms with Gasteiger partial charge in [-0.15, -0.1) is 0 Å². The third kappa shape index (κ3) is 4.55. The molecule has 0 saturated carbocycles. The third-order valence-corrected chi connectivity index (χ3v) is 7.29. The molecule has 0 radical (unpaired) electrons. The van der Waals surface area contributed by atoms with Crippen molar-refractivity contribution in [1.29, 1.82) is 0 Å². The second-order valence-electron chi connectivity index (χ2n) is 6.22. The van der Waals surface area contributed by atoms with Gasteiger partial charge in [-0.05, 0) is 48.9 Å². The number of rotatable bonds is 6. The summed E-state index contributed by atoms with van der Waals surface area (Å²) in [7, 11) is -8.64. The normalized spacial score (nSPS) is 11.9. The van der Waals surface area contributed by atoms with E-state index in [9.17, 15) is 25.6 Å². The van der Waals surface area contributed by atoms with Crippen LogP contribution in [0.2, 0.25) is 5.02 Å². The molecule has 0 unspecified atom stereocenters. The van der Waals surface area contributed by atoms with Crippen LogP contribution in [-0.4, -0.2) is 16.8 Å². The first-order valence-corrected chi connectivity index (χ1v) is 11.7. The van der Waals surface area contributed by atoms with Crippen LogP contribution in [0.25, 0.3) is 0 Å². The van der Waals surface area contributed by atoms with E-state index in [-0.39, 0.29) is 21.3 Å². The third-order valence-electron chi connectivity index (χ3n) is 4.05. The summed E-state index contributed by atoms with van der Waals surface area (Å²) in [6.07, 6.45) is 0. The first kappa shape index (κ1) is 22.0. The summed E-state index contributed by atoms with van der Waals surface area (Å²) in [6.45, 7) is 1.52. The van der Waals surface area contributed by atoms with Gasteiger partial charge in [0.15, 0.2) is 11.6 Å². The predicted octanol–water partition coefficient (Wildman–Crippen LogP) is 4.53. The number of nitrogens with one attached hydrogen (secondary N) is 2. The van der Waals surface area contributed by atoms with Crippen molar-refractivity contribution in [2.75, 3.05) is 9.44 Å². The number of hydrogen-bond donors (Lipinski definition) is 2. The monoisotopic (exact) mass is 472 g/mol. The number of aryl methyl sites for hydroxylation is 1. The Balaban J connectivity index is 1.97. The van der Waals surface area contributed by atoms with E-state index in [1.807, 2.05) is 0 Å². The Kier molecular flexibility index (Phi) is 6.02. The quantitative estimate of drug-likeness (QED) is 0.551. The molecule has 3 aromatic rings. The lowest BCUT2D eigenvalue weighted by Gasteiger charge is -2.14. The Labute approximate surface area is 177 Å². The Morgan fingerprint density at radius 1 is 0.800 bits per heavy atom. The minimum atomic E-state index is -4.51. The van der Waals surface area contributed by atoms with Gasteiger partial charge in [-0.2, -0.15) is 0 Å². The van der Waals surface area contributed by atoms with E-state index in [4.69, 9.17) is 11.6 Å². The molecule has 158 valence electrons. The average Bonchev–Trinajstić information content (AvgIpc) is 2.67. The highest BCUT2D eigenvalue weighted by atomic mass is 35.5. The lowest BCUT2D eigenvalue weighted by atomic mass is 10.2. The first-order valence-electron chi connectivity index (χ1n) is 8.36. The molecular formula is C19H15ClF2N2O4S2. The molecule has 11 heteroatoms. The lowest BCUT2D eigenvalue weighted by molar-refractivity contribution is 0.485. The summed E-state index contributed by atoms with van der Waals surface area (Å²) in [6, 6.07) is 12.7. The largest absolute Gasteiger partial charge is 0.279 e. The zero-order valence-corrected chi connectivity index (χ0v) is 17.7. The molecular weight excluding hydrogens is 458 g/mol. The highest BCUT2D eigenvalue weighted by Gasteiger charge is 2.24. The number of anilines is 2. The fraction of sp³-hybridized carbons (Fsp3) is 0.0526. The van der Waals surface area contributed by atoms with Crippen molar-refractivity contribution >= 4 is 43.0 Å². The number of halogens is 3. The maximum Gasteiger partial charge on any atom is 0.264 e. The van der Waals surface area contributed by atoms with Crippen LogP contribution < -0.4 is 9.44 Å². The van der Waals surface area contributed by atoms with E-state index >= 15 is 0 Å². The van der Waals surface area contributed by atoms with Gasteiger partial charge in [0.25, 0.3) is 20.0 Å². The SMILES string of the molecule is Cc1ccc(NS(=O)(=O)c2cccc(F)c2F)cc1S(=O)(=O)Nc1ccccc1Cl. The lowest BCUT2D eigenvalue weighted by Crippen LogP contribution is -2.17. The Morgan fingerprint density at radius 2 is 1.47 bits per heavy atom. The fourth-order valence-corrected chi connectivity index (χ4v) is 5.33. The van der Waals surface area contributed by atoms with Crippen molar-refractivity contribution in [3.05, 3.63) is 82.9 Å². The predicted molar refractivity (Wildman–Crippen MR) is 111 cm³/mol. The number of benzene rings is 3. The average molecular weight is 473 g/mol. The van der Waals surface area contributed by atoms with Gasteiger partial charge in [-0.25, -0.2) is 25.6 Å². The van der Waals surface area contributed by atoms with Crippen LogP contribution in [-0.2, 0) is 20.0 Å². The second-order valence-corrected chi connectivity index (χ2v) is 9.93. The van der Waals surface area contributed by atoms with E-state index < -0.39 is 36.6 Å². The summed E-state index contributed by atoms with van der Waals surface area (Å²) in [5, 5.41) is 0.178. The van der Waals surface area contributed by atoms with Crippen molar-refractivity contribution in [3.8, 4) is 0 Å². The van der Waals surface area contributed by atoms with Crippen molar-refractivity contribution in [3.63, 3.8) is 0 Å². The molecule has 0 atom stereocenters. The molecule has 2 N–H and O–H groups in total. The van der Waals surface area contributed by atoms with Crippen LogP contribution in [0, 0.1) is 18.6 Å². The van der Waals surface area contributed by atoms with Gasteiger partial charge in [-0.1, -0.05) is 35.9 Å². The van der Waals surface area contributed by atoms with Gasteiger partial charge >= 0.3 is 0 Å². The number of hydrogen-bond acceptors (Lipinski definition) is 4. The molecule has 0 bridgehead atoms. The summed E-state index contributed by atoms with van der Waals surface area (Å²) in [5.41, 5.74) is 0.324. The summed E-state index contributed by atoms with van der Waals surface area (Å²) in [4.78, 5) is -1.12. The van der Waals surface area contributed by atoms with Gasteiger partial charge in [0.1, 0.15) is 4.90 Å². The molecule has 0 aromatic heterocycles. The summed E-state index contributed by atoms with van der Waals surface area (Å²) in [5.74, 6) is -2.86. The number of sulfonamides is 2. The first-order chi connectivity index (χ1) is 14.0. The second kappa shape index (κ2) is 8.21. The molecule has 30 heavy (non-hydrogen) atoms. The van der Waals surface area contributed by atoms with E-state index in [0.717, 1.165) is 24.3 Å². The van der Waals surface area contributed by atoms with Crippen LogP contribution >= 0.6 is 11.6 Å². The van der Waals surface area contributed by atoms with Crippen molar-refractivity contribution in [2.24, 2.45) is 0 Å². The zero-order chi connectivity index (χ0) is 22.1. The minimum absolute atomic E-state index is 0.145. The van der Waals surface area contributed by atoms with Crippen molar-refractivity contribution < 1.29 is 25.6 Å². The van der Waals surface area contributed by atoms with Gasteiger partial charge < -0.3 is 0 Å². The Bertz CT molecular complexity index is 1330. The van der Waals surface area contributed by atoms with E-state index in [0.29, 0.717) is 5.56 Å². The molecule has 6 nitrogen and oxygen atoms in total. The van der Waals surface area contributed by atoms with Gasteiger partial charge in [0.05, 0.1) is 21.3 Å². The molecule has 0 aliphatic heterocycles. The topological polar surface area (TPSA) is 92.3 Å². The summed E-state index contributed by atoms with van der Waals surface area (Å²) >= 11 is 5.99. The number of para-hydroxylation sites is 1. The minimum Gasteiger partial charge on any atom is -0.279 e. The summed E-state index contributed by atoms with van der Waals surface area (Å²) < 4.78 is 82.2. The molecule has 0 aliphatic rings. The molecule has 0 amide bonds. The highest BCUT2D eigenvalue weighted by Crippen LogP contribution is 2.28. The van der Waals surface area contributed by atoms with Crippen molar-refractivity contribution in [1.82, 2.24) is 0 Å². The smallest absolute Gasteiger partial charge is 0.264 e. The van der Waals surface area contributed by atoms with Crippen LogP contribution in [0.15, 0.2) is 70.5 Å². The van der Waals surface area contributed by atoms with Crippen LogP contribution in [0.4, 0.5) is 20.2 Å². The van der Waals surface area contributed by atoms with E-state index in [1.165, 1.54) is 31.2 Å². The maximum absolute atomic E-state index is 13.9. The Hall–Kier alpha value is -2.69. The Morgan fingerprint density at radius 3 is 2.17 bits per heavy atom. The fourth-order valence-electron chi connectivity index (χ4n) is 2.60. The van der Waals surface area contributed by atoms with Crippen LogP contribution in [0.1, 0.15) is 5.56 Å². The van der Waals surface area contributed by atoms with Gasteiger partial charge in [0.2, 0.25) is 0 Å². The molecule has 0 saturated heterocycles. The zero-order valence-electron chi connectivity index (χ0n) is 15.4. The maximum atomic E-state index is 13.9. The molecule has 0 aliphatic carbocycles. The molecule has 3 aromatic carbocycles. The standard InChI is InChI=1S/C19H15ClF2N2O4S2/c1-12-9-10-13(23-29(25,26)17-8-4-6-15(21)19(17)22)11-18(12)30(27,28)24-16-7-3-2-5-14(16)20/h2-11,23-24H,1H3.